The fourth-order valence-electron chi connectivity index (χ4n) is 1.50. The van der Waals surface area contributed by atoms with Crippen molar-refractivity contribution in [2.24, 2.45) is 0 Å². The summed E-state index contributed by atoms with van der Waals surface area (Å²) < 4.78 is 42.0. The molecule has 7 heteroatoms. The number of carbonyl (C=O) groups excluding carboxylic acids is 1. The Morgan fingerprint density at radius 3 is 2.40 bits per heavy atom. The lowest BCUT2D eigenvalue weighted by atomic mass is 10.2. The van der Waals surface area contributed by atoms with Crippen molar-refractivity contribution in [3.63, 3.8) is 0 Å². The van der Waals surface area contributed by atoms with Crippen LogP contribution in [0.2, 0.25) is 0 Å². The number of amides is 1. The molecule has 0 fully saturated rings. The molecular formula is C13H17F3N2O2. The van der Waals surface area contributed by atoms with Gasteiger partial charge in [0.05, 0.1) is 12.2 Å². The van der Waals surface area contributed by atoms with Crippen LogP contribution >= 0.6 is 0 Å². The highest BCUT2D eigenvalue weighted by molar-refractivity contribution is 5.84. The number of hydrogen-bond donors (Lipinski definition) is 2. The van der Waals surface area contributed by atoms with Gasteiger partial charge in [-0.3, -0.25) is 4.79 Å². The van der Waals surface area contributed by atoms with Crippen LogP contribution in [0.25, 0.3) is 0 Å². The first-order valence-electron chi connectivity index (χ1n) is 6.05. The van der Waals surface area contributed by atoms with Gasteiger partial charge in [-0.05, 0) is 31.2 Å². The summed E-state index contributed by atoms with van der Waals surface area (Å²) in [7, 11) is 1.52. The predicted octanol–water partition coefficient (Wildman–Crippen LogP) is 2.27. The minimum absolute atomic E-state index is 0.248. The number of alkyl halides is 3. The Bertz CT molecular complexity index is 432. The largest absolute Gasteiger partial charge is 0.416 e. The normalized spacial score (nSPS) is 12.8. The number of halogens is 3. The lowest BCUT2D eigenvalue weighted by Crippen LogP contribution is -2.39. The Labute approximate surface area is 115 Å². The van der Waals surface area contributed by atoms with Crippen LogP contribution in [0.1, 0.15) is 12.5 Å². The van der Waals surface area contributed by atoms with E-state index in [4.69, 9.17) is 4.74 Å². The van der Waals surface area contributed by atoms with Gasteiger partial charge in [-0.15, -0.1) is 0 Å². The monoisotopic (exact) mass is 290 g/mol. The molecule has 0 heterocycles. The van der Waals surface area contributed by atoms with E-state index in [0.717, 1.165) is 12.1 Å². The van der Waals surface area contributed by atoms with Crippen LogP contribution in [0.5, 0.6) is 0 Å². The third-order valence-corrected chi connectivity index (χ3v) is 2.59. The van der Waals surface area contributed by atoms with Crippen molar-refractivity contribution >= 4 is 11.6 Å². The summed E-state index contributed by atoms with van der Waals surface area (Å²) in [4.78, 5) is 11.6. The number of hydrogen-bond acceptors (Lipinski definition) is 3. The molecule has 1 atom stereocenters. The van der Waals surface area contributed by atoms with Crippen LogP contribution in [0.3, 0.4) is 0 Å². The zero-order valence-electron chi connectivity index (χ0n) is 11.3. The van der Waals surface area contributed by atoms with Crippen LogP contribution in [0, 0.1) is 0 Å². The molecule has 0 aliphatic heterocycles. The number of nitrogens with one attached hydrogen (secondary N) is 2. The number of methoxy groups -OCH3 is 1. The van der Waals surface area contributed by atoms with Gasteiger partial charge in [0, 0.05) is 19.3 Å². The first-order valence-corrected chi connectivity index (χ1v) is 6.05. The highest BCUT2D eigenvalue weighted by Crippen LogP contribution is 2.29. The molecule has 0 saturated heterocycles. The lowest BCUT2D eigenvalue weighted by molar-refractivity contribution is -0.137. The number of benzene rings is 1. The zero-order valence-corrected chi connectivity index (χ0v) is 11.3. The van der Waals surface area contributed by atoms with Gasteiger partial charge < -0.3 is 15.4 Å². The van der Waals surface area contributed by atoms with Gasteiger partial charge in [0.25, 0.3) is 0 Å². The van der Waals surface area contributed by atoms with Crippen molar-refractivity contribution < 1.29 is 22.7 Å². The van der Waals surface area contributed by atoms with E-state index in [2.05, 4.69) is 10.6 Å². The van der Waals surface area contributed by atoms with E-state index in [0.29, 0.717) is 18.8 Å². The molecule has 0 aromatic heterocycles. The first-order chi connectivity index (χ1) is 9.34. The third-order valence-electron chi connectivity index (χ3n) is 2.59. The molecule has 0 spiro atoms. The van der Waals surface area contributed by atoms with Gasteiger partial charge in [-0.1, -0.05) is 0 Å². The van der Waals surface area contributed by atoms with Crippen molar-refractivity contribution in [2.75, 3.05) is 25.6 Å². The minimum atomic E-state index is -4.36. The maximum Gasteiger partial charge on any atom is 0.416 e. The highest BCUT2D eigenvalue weighted by atomic mass is 19.4. The fraction of sp³-hybridized carbons (Fsp3) is 0.462. The summed E-state index contributed by atoms with van der Waals surface area (Å²) in [5, 5.41) is 5.46. The summed E-state index contributed by atoms with van der Waals surface area (Å²) in [6, 6.07) is 3.97. The maximum absolute atomic E-state index is 12.4. The minimum Gasteiger partial charge on any atom is -0.383 e. The molecular weight excluding hydrogens is 273 g/mol. The SMILES string of the molecule is COCCNC(=O)C(C)Nc1ccc(C(F)(F)F)cc1. The molecule has 0 radical (unpaired) electrons. The van der Waals surface area contributed by atoms with Crippen LogP contribution in [0.4, 0.5) is 18.9 Å². The van der Waals surface area contributed by atoms with E-state index in [-0.39, 0.29) is 5.91 Å². The predicted molar refractivity (Wildman–Crippen MR) is 69.4 cm³/mol. The van der Waals surface area contributed by atoms with Gasteiger partial charge in [-0.2, -0.15) is 13.2 Å². The van der Waals surface area contributed by atoms with Crippen LogP contribution < -0.4 is 10.6 Å². The average Bonchev–Trinajstić information content (AvgIpc) is 2.38. The Hall–Kier alpha value is -1.76. The van der Waals surface area contributed by atoms with E-state index in [1.807, 2.05) is 0 Å². The fourth-order valence-corrected chi connectivity index (χ4v) is 1.50. The van der Waals surface area contributed by atoms with Crippen molar-refractivity contribution in [3.8, 4) is 0 Å². The van der Waals surface area contributed by atoms with Crippen LogP contribution in [-0.4, -0.2) is 32.2 Å². The van der Waals surface area contributed by atoms with Crippen molar-refractivity contribution in [1.82, 2.24) is 5.32 Å². The van der Waals surface area contributed by atoms with E-state index >= 15 is 0 Å². The molecule has 1 unspecified atom stereocenters. The van der Waals surface area contributed by atoms with Crippen molar-refractivity contribution in [2.45, 2.75) is 19.1 Å². The van der Waals surface area contributed by atoms with Gasteiger partial charge in [0.1, 0.15) is 6.04 Å². The third kappa shape index (κ3) is 5.08. The standard InChI is InChI=1S/C13H17F3N2O2/c1-9(12(19)17-7-8-20-2)18-11-5-3-10(4-6-11)13(14,15)16/h3-6,9,18H,7-8H2,1-2H3,(H,17,19). The number of anilines is 1. The Morgan fingerprint density at radius 1 is 1.30 bits per heavy atom. The Morgan fingerprint density at radius 2 is 1.90 bits per heavy atom. The molecule has 1 aromatic rings. The molecule has 20 heavy (non-hydrogen) atoms. The van der Waals surface area contributed by atoms with Gasteiger partial charge >= 0.3 is 6.18 Å². The topological polar surface area (TPSA) is 50.4 Å². The summed E-state index contributed by atoms with van der Waals surface area (Å²) in [6.45, 7) is 2.41. The smallest absolute Gasteiger partial charge is 0.383 e. The summed E-state index contributed by atoms with van der Waals surface area (Å²) in [5.41, 5.74) is -0.271. The summed E-state index contributed by atoms with van der Waals surface area (Å²) in [5.74, 6) is -0.248. The molecule has 0 saturated carbocycles. The first kappa shape index (κ1) is 16.3. The second-order valence-corrected chi connectivity index (χ2v) is 4.22. The second-order valence-electron chi connectivity index (χ2n) is 4.22. The van der Waals surface area contributed by atoms with Gasteiger partial charge in [-0.25, -0.2) is 0 Å². The van der Waals surface area contributed by atoms with Crippen LogP contribution in [0.15, 0.2) is 24.3 Å². The molecule has 0 aliphatic carbocycles. The van der Waals surface area contributed by atoms with Crippen LogP contribution in [-0.2, 0) is 15.7 Å². The van der Waals surface area contributed by atoms with Gasteiger partial charge in [0.15, 0.2) is 0 Å². The number of ether oxygens (including phenoxy) is 1. The molecule has 1 aromatic carbocycles. The Kier molecular flexibility index (Phi) is 5.82. The second kappa shape index (κ2) is 7.14. The summed E-state index contributed by atoms with van der Waals surface area (Å²) in [6.07, 6.45) is -4.36. The number of rotatable bonds is 6. The number of carbonyl (C=O) groups is 1. The average molecular weight is 290 g/mol. The molecule has 0 bridgehead atoms. The molecule has 1 rings (SSSR count). The zero-order chi connectivity index (χ0) is 15.2. The van der Waals surface area contributed by atoms with E-state index < -0.39 is 17.8 Å². The van der Waals surface area contributed by atoms with E-state index in [9.17, 15) is 18.0 Å². The lowest BCUT2D eigenvalue weighted by Gasteiger charge is -2.15. The van der Waals surface area contributed by atoms with Gasteiger partial charge in [0.2, 0.25) is 5.91 Å². The Balaban J connectivity index is 2.53. The molecule has 112 valence electrons. The highest BCUT2D eigenvalue weighted by Gasteiger charge is 2.30. The molecule has 0 aliphatic rings. The van der Waals surface area contributed by atoms with E-state index in [1.165, 1.54) is 19.2 Å². The summed E-state index contributed by atoms with van der Waals surface area (Å²) >= 11 is 0. The molecule has 1 amide bonds. The van der Waals surface area contributed by atoms with Crippen molar-refractivity contribution in [3.05, 3.63) is 29.8 Å². The molecule has 4 nitrogen and oxygen atoms in total. The molecule has 2 N–H and O–H groups in total. The van der Waals surface area contributed by atoms with Crippen molar-refractivity contribution in [1.29, 1.82) is 0 Å². The van der Waals surface area contributed by atoms with E-state index in [1.54, 1.807) is 6.92 Å². The maximum atomic E-state index is 12.4. The quantitative estimate of drug-likeness (QED) is 0.790.